The van der Waals surface area contributed by atoms with Crippen molar-refractivity contribution in [1.82, 2.24) is 9.62 Å². The van der Waals surface area contributed by atoms with Gasteiger partial charge in [0.05, 0.1) is 24.9 Å². The molecule has 0 atom stereocenters. The SMILES string of the molecule is COc1ccccc1CN1C=C(C(=O)NC2CCCCCC2)C(C)=NS1(=O)=O. The number of para-hydroxylation sites is 1. The van der Waals surface area contributed by atoms with E-state index in [1.165, 1.54) is 26.2 Å². The second kappa shape index (κ2) is 8.77. The van der Waals surface area contributed by atoms with Gasteiger partial charge in [-0.25, -0.2) is 0 Å². The Morgan fingerprint density at radius 1 is 1.21 bits per heavy atom. The number of nitrogens with zero attached hydrogens (tertiary/aromatic N) is 2. The molecule has 0 aromatic heterocycles. The lowest BCUT2D eigenvalue weighted by Crippen LogP contribution is -2.39. The van der Waals surface area contributed by atoms with Crippen LogP contribution in [0.15, 0.2) is 40.4 Å². The fourth-order valence-corrected chi connectivity index (χ4v) is 4.71. The standard InChI is InChI=1S/C20H27N3O4S/c1-15-18(20(24)21-17-10-5-3-4-6-11-17)14-23(28(25,26)22-15)13-16-9-7-8-12-19(16)27-2/h7-9,12,14,17H,3-6,10-11,13H2,1-2H3,(H,21,24). The first kappa shape index (κ1) is 20.4. The van der Waals surface area contributed by atoms with Gasteiger partial charge in [-0.2, -0.15) is 8.42 Å². The highest BCUT2D eigenvalue weighted by Gasteiger charge is 2.29. The maximum absolute atomic E-state index is 12.8. The summed E-state index contributed by atoms with van der Waals surface area (Å²) in [5.41, 5.74) is 1.19. The predicted molar refractivity (Wildman–Crippen MR) is 108 cm³/mol. The summed E-state index contributed by atoms with van der Waals surface area (Å²) in [7, 11) is -2.36. The average Bonchev–Trinajstić information content (AvgIpc) is 2.92. The van der Waals surface area contributed by atoms with Crippen molar-refractivity contribution in [3.8, 4) is 5.75 Å². The number of benzene rings is 1. The largest absolute Gasteiger partial charge is 0.496 e. The van der Waals surface area contributed by atoms with Crippen LogP contribution in [-0.2, 0) is 21.5 Å². The molecule has 1 aromatic carbocycles. The van der Waals surface area contributed by atoms with Crippen LogP contribution in [-0.4, -0.2) is 37.5 Å². The van der Waals surface area contributed by atoms with E-state index >= 15 is 0 Å². The highest BCUT2D eigenvalue weighted by atomic mass is 32.2. The number of carbonyl (C=O) groups excluding carboxylic acids is 1. The Kier molecular flexibility index (Phi) is 6.39. The van der Waals surface area contributed by atoms with Crippen molar-refractivity contribution in [3.05, 3.63) is 41.6 Å². The van der Waals surface area contributed by atoms with Gasteiger partial charge in [-0.05, 0) is 25.8 Å². The molecule has 1 amide bonds. The van der Waals surface area contributed by atoms with E-state index < -0.39 is 10.2 Å². The Morgan fingerprint density at radius 3 is 2.57 bits per heavy atom. The van der Waals surface area contributed by atoms with Crippen LogP contribution in [0.3, 0.4) is 0 Å². The lowest BCUT2D eigenvalue weighted by Gasteiger charge is -2.25. The zero-order chi connectivity index (χ0) is 20.1. The van der Waals surface area contributed by atoms with E-state index in [2.05, 4.69) is 9.71 Å². The van der Waals surface area contributed by atoms with Crippen molar-refractivity contribution >= 4 is 21.8 Å². The number of rotatable bonds is 5. The minimum atomic E-state index is -3.89. The summed E-state index contributed by atoms with van der Waals surface area (Å²) < 4.78 is 35.3. The first-order chi connectivity index (χ1) is 13.4. The zero-order valence-electron chi connectivity index (χ0n) is 16.3. The monoisotopic (exact) mass is 405 g/mol. The highest BCUT2D eigenvalue weighted by molar-refractivity contribution is 7.88. The van der Waals surface area contributed by atoms with Gasteiger partial charge in [0.15, 0.2) is 0 Å². The minimum absolute atomic E-state index is 0.0450. The number of nitrogens with one attached hydrogen (secondary N) is 1. The number of carbonyl (C=O) groups is 1. The molecule has 0 bridgehead atoms. The summed E-state index contributed by atoms with van der Waals surface area (Å²) in [4.78, 5) is 12.8. The van der Waals surface area contributed by atoms with E-state index in [1.807, 2.05) is 12.1 Å². The maximum atomic E-state index is 12.8. The topological polar surface area (TPSA) is 88.1 Å². The minimum Gasteiger partial charge on any atom is -0.496 e. The van der Waals surface area contributed by atoms with Gasteiger partial charge in [-0.3, -0.25) is 9.10 Å². The molecule has 1 N–H and O–H groups in total. The molecule has 0 radical (unpaired) electrons. The van der Waals surface area contributed by atoms with Crippen LogP contribution >= 0.6 is 0 Å². The summed E-state index contributed by atoms with van der Waals surface area (Å²) >= 11 is 0. The predicted octanol–water partition coefficient (Wildman–Crippen LogP) is 2.94. The molecule has 1 aliphatic carbocycles. The molecule has 28 heavy (non-hydrogen) atoms. The van der Waals surface area contributed by atoms with E-state index in [0.717, 1.165) is 30.0 Å². The molecular weight excluding hydrogens is 378 g/mol. The van der Waals surface area contributed by atoms with Gasteiger partial charge in [-0.15, -0.1) is 4.40 Å². The number of hydrogen-bond acceptors (Lipinski definition) is 4. The highest BCUT2D eigenvalue weighted by Crippen LogP contribution is 2.25. The number of hydrogen-bond donors (Lipinski definition) is 1. The van der Waals surface area contributed by atoms with Crippen LogP contribution in [0.5, 0.6) is 5.75 Å². The van der Waals surface area contributed by atoms with Crippen molar-refractivity contribution in [3.63, 3.8) is 0 Å². The molecule has 152 valence electrons. The van der Waals surface area contributed by atoms with E-state index in [-0.39, 0.29) is 29.8 Å². The van der Waals surface area contributed by atoms with Gasteiger partial charge in [0.2, 0.25) is 0 Å². The molecule has 1 aliphatic heterocycles. The first-order valence-corrected chi connectivity index (χ1v) is 11.0. The van der Waals surface area contributed by atoms with Crippen LogP contribution < -0.4 is 10.1 Å². The van der Waals surface area contributed by atoms with Gasteiger partial charge in [0, 0.05) is 17.8 Å². The second-order valence-electron chi connectivity index (χ2n) is 7.22. The maximum Gasteiger partial charge on any atom is 0.344 e. The van der Waals surface area contributed by atoms with Crippen LogP contribution in [0.25, 0.3) is 0 Å². The first-order valence-electron chi connectivity index (χ1n) is 9.64. The van der Waals surface area contributed by atoms with Crippen LogP contribution in [0.4, 0.5) is 0 Å². The van der Waals surface area contributed by atoms with Gasteiger partial charge in [0.25, 0.3) is 5.91 Å². The van der Waals surface area contributed by atoms with Gasteiger partial charge >= 0.3 is 10.2 Å². The smallest absolute Gasteiger partial charge is 0.344 e. The number of methoxy groups -OCH3 is 1. The molecule has 0 saturated heterocycles. The molecule has 1 heterocycles. The number of amides is 1. The number of ether oxygens (including phenoxy) is 1. The van der Waals surface area contributed by atoms with Crippen molar-refractivity contribution < 1.29 is 17.9 Å². The zero-order valence-corrected chi connectivity index (χ0v) is 17.2. The molecule has 3 rings (SSSR count). The van der Waals surface area contributed by atoms with E-state index in [0.29, 0.717) is 11.3 Å². The van der Waals surface area contributed by atoms with Crippen LogP contribution in [0, 0.1) is 0 Å². The van der Waals surface area contributed by atoms with E-state index in [1.54, 1.807) is 19.1 Å². The van der Waals surface area contributed by atoms with Crippen molar-refractivity contribution in [1.29, 1.82) is 0 Å². The third-order valence-electron chi connectivity index (χ3n) is 5.17. The Bertz CT molecular complexity index is 884. The second-order valence-corrected chi connectivity index (χ2v) is 8.76. The van der Waals surface area contributed by atoms with Gasteiger partial charge in [-0.1, -0.05) is 43.9 Å². The lowest BCUT2D eigenvalue weighted by molar-refractivity contribution is -0.117. The molecule has 1 fully saturated rings. The summed E-state index contributed by atoms with van der Waals surface area (Å²) in [5, 5.41) is 3.06. The summed E-state index contributed by atoms with van der Waals surface area (Å²) in [5.74, 6) is 0.315. The summed E-state index contributed by atoms with van der Waals surface area (Å²) in [6.45, 7) is 1.60. The Hall–Kier alpha value is -2.35. The third-order valence-corrected chi connectivity index (χ3v) is 6.50. The molecule has 8 heteroatoms. The van der Waals surface area contributed by atoms with Crippen molar-refractivity contribution in [2.24, 2.45) is 4.40 Å². The van der Waals surface area contributed by atoms with Crippen molar-refractivity contribution in [2.75, 3.05) is 7.11 Å². The molecule has 0 unspecified atom stereocenters. The van der Waals surface area contributed by atoms with E-state index in [4.69, 9.17) is 4.74 Å². The fraction of sp³-hybridized carbons (Fsp3) is 0.500. The summed E-state index contributed by atoms with van der Waals surface area (Å²) in [6, 6.07) is 7.32. The molecule has 1 aromatic rings. The van der Waals surface area contributed by atoms with Crippen LogP contribution in [0.2, 0.25) is 0 Å². The Labute approximate surface area is 166 Å². The van der Waals surface area contributed by atoms with E-state index in [9.17, 15) is 13.2 Å². The normalized spacial score (nSPS) is 20.0. The van der Waals surface area contributed by atoms with Gasteiger partial charge in [0.1, 0.15) is 5.75 Å². The summed E-state index contributed by atoms with van der Waals surface area (Å²) in [6.07, 6.45) is 7.89. The average molecular weight is 406 g/mol. The quantitative estimate of drug-likeness (QED) is 0.763. The lowest BCUT2D eigenvalue weighted by atomic mass is 10.1. The molecular formula is C20H27N3O4S. The molecule has 1 saturated carbocycles. The van der Waals surface area contributed by atoms with Gasteiger partial charge < -0.3 is 10.1 Å². The molecule has 0 spiro atoms. The van der Waals surface area contributed by atoms with Crippen molar-refractivity contribution in [2.45, 2.75) is 58.0 Å². The third kappa shape index (κ3) is 4.73. The molecule has 7 nitrogen and oxygen atoms in total. The molecule has 2 aliphatic rings. The fourth-order valence-electron chi connectivity index (χ4n) is 3.62. The Balaban J connectivity index is 1.82. The Morgan fingerprint density at radius 2 is 1.89 bits per heavy atom. The van der Waals surface area contributed by atoms with Crippen LogP contribution in [0.1, 0.15) is 51.0 Å².